The first-order valence-corrected chi connectivity index (χ1v) is 7.79. The zero-order chi connectivity index (χ0) is 15.6. The van der Waals surface area contributed by atoms with Crippen molar-refractivity contribution < 1.29 is 14.7 Å². The maximum Gasteiger partial charge on any atom is 0.321 e. The van der Waals surface area contributed by atoms with Gasteiger partial charge in [-0.25, -0.2) is 4.79 Å². The largest absolute Gasteiger partial charge is 0.481 e. The Morgan fingerprint density at radius 1 is 1.52 bits per heavy atom. The molecule has 0 spiro atoms. The molecule has 0 radical (unpaired) electrons. The van der Waals surface area contributed by atoms with Gasteiger partial charge in [-0.15, -0.1) is 0 Å². The second kappa shape index (κ2) is 6.23. The fourth-order valence-corrected chi connectivity index (χ4v) is 3.23. The van der Waals surface area contributed by atoms with Crippen LogP contribution in [-0.4, -0.2) is 35.1 Å². The Kier molecular flexibility index (Phi) is 4.78. The number of likely N-dealkylation sites (tertiary alicyclic amines) is 1. The van der Waals surface area contributed by atoms with Crippen LogP contribution in [0.5, 0.6) is 0 Å². The maximum absolute atomic E-state index is 12.2. The minimum absolute atomic E-state index is 0.232. The molecular formula is C14H16BrClN2O3. The van der Waals surface area contributed by atoms with E-state index >= 15 is 0 Å². The van der Waals surface area contributed by atoms with Crippen molar-refractivity contribution >= 4 is 45.2 Å². The molecule has 2 amide bonds. The second-order valence-electron chi connectivity index (χ2n) is 5.16. The maximum atomic E-state index is 12.2. The van der Waals surface area contributed by atoms with E-state index in [0.29, 0.717) is 34.6 Å². The van der Waals surface area contributed by atoms with Gasteiger partial charge < -0.3 is 15.3 Å². The third kappa shape index (κ3) is 3.32. The number of nitrogens with one attached hydrogen (secondary N) is 1. The van der Waals surface area contributed by atoms with Gasteiger partial charge in [0.2, 0.25) is 0 Å². The summed E-state index contributed by atoms with van der Waals surface area (Å²) >= 11 is 9.18. The summed E-state index contributed by atoms with van der Waals surface area (Å²) in [5.74, 6) is -0.840. The van der Waals surface area contributed by atoms with Crippen LogP contribution in [-0.2, 0) is 4.79 Å². The predicted octanol–water partition coefficient (Wildman–Crippen LogP) is 3.82. The summed E-state index contributed by atoms with van der Waals surface area (Å²) in [6.45, 7) is 2.51. The van der Waals surface area contributed by atoms with E-state index < -0.39 is 11.4 Å². The van der Waals surface area contributed by atoms with Gasteiger partial charge in [0.15, 0.2) is 0 Å². The number of carbonyl (C=O) groups excluding carboxylic acids is 1. The first kappa shape index (κ1) is 16.1. The number of hydrogen-bond donors (Lipinski definition) is 2. The lowest BCUT2D eigenvalue weighted by Gasteiger charge is -2.23. The van der Waals surface area contributed by atoms with Gasteiger partial charge in [-0.2, -0.15) is 0 Å². The number of carboxylic acids is 1. The first-order valence-electron chi connectivity index (χ1n) is 6.62. The van der Waals surface area contributed by atoms with Gasteiger partial charge in [-0.1, -0.05) is 18.5 Å². The van der Waals surface area contributed by atoms with Gasteiger partial charge in [0.1, 0.15) is 0 Å². The fourth-order valence-electron chi connectivity index (χ4n) is 2.45. The topological polar surface area (TPSA) is 69.6 Å². The van der Waals surface area contributed by atoms with Crippen LogP contribution in [0.4, 0.5) is 10.5 Å². The van der Waals surface area contributed by atoms with Crippen LogP contribution in [0, 0.1) is 5.41 Å². The summed E-state index contributed by atoms with van der Waals surface area (Å²) in [5, 5.41) is 12.7. The number of halogens is 2. The van der Waals surface area contributed by atoms with E-state index in [1.165, 1.54) is 0 Å². The smallest absolute Gasteiger partial charge is 0.321 e. The van der Waals surface area contributed by atoms with Crippen LogP contribution >= 0.6 is 27.5 Å². The molecule has 1 unspecified atom stereocenters. The molecule has 2 rings (SSSR count). The van der Waals surface area contributed by atoms with Gasteiger partial charge in [-0.3, -0.25) is 4.79 Å². The Balaban J connectivity index is 2.07. The van der Waals surface area contributed by atoms with Crippen LogP contribution in [0.3, 0.4) is 0 Å². The molecular weight excluding hydrogens is 360 g/mol. The molecule has 1 saturated heterocycles. The van der Waals surface area contributed by atoms with Gasteiger partial charge in [0, 0.05) is 22.6 Å². The highest BCUT2D eigenvalue weighted by molar-refractivity contribution is 9.10. The van der Waals surface area contributed by atoms with Gasteiger partial charge in [-0.05, 0) is 47.0 Å². The molecule has 1 aliphatic heterocycles. The van der Waals surface area contributed by atoms with E-state index in [0.717, 1.165) is 0 Å². The molecule has 7 heteroatoms. The minimum atomic E-state index is -0.840. The predicted molar refractivity (Wildman–Crippen MR) is 84.7 cm³/mol. The number of aliphatic carboxylic acids is 1. The summed E-state index contributed by atoms with van der Waals surface area (Å²) in [7, 11) is 0. The molecule has 114 valence electrons. The zero-order valence-electron chi connectivity index (χ0n) is 11.5. The average molecular weight is 376 g/mol. The highest BCUT2D eigenvalue weighted by Crippen LogP contribution is 2.35. The number of hydrogen-bond acceptors (Lipinski definition) is 2. The zero-order valence-corrected chi connectivity index (χ0v) is 13.9. The molecule has 0 saturated carbocycles. The molecule has 1 aromatic carbocycles. The fraction of sp³-hybridized carbons (Fsp3) is 0.429. The third-order valence-electron chi connectivity index (χ3n) is 3.94. The first-order chi connectivity index (χ1) is 9.88. The van der Waals surface area contributed by atoms with Crippen molar-refractivity contribution in [2.45, 2.75) is 19.8 Å². The van der Waals surface area contributed by atoms with E-state index in [-0.39, 0.29) is 12.6 Å². The van der Waals surface area contributed by atoms with Crippen LogP contribution in [0.2, 0.25) is 5.02 Å². The lowest BCUT2D eigenvalue weighted by molar-refractivity contribution is -0.148. The Labute approximate surface area is 136 Å². The average Bonchev–Trinajstić information content (AvgIpc) is 2.88. The van der Waals surface area contributed by atoms with E-state index in [9.17, 15) is 14.7 Å². The third-order valence-corrected chi connectivity index (χ3v) is 4.84. The van der Waals surface area contributed by atoms with E-state index in [1.807, 2.05) is 6.92 Å². The molecule has 1 aromatic rings. The Morgan fingerprint density at radius 3 is 2.76 bits per heavy atom. The molecule has 1 aliphatic rings. The number of carbonyl (C=O) groups is 2. The van der Waals surface area contributed by atoms with Gasteiger partial charge in [0.25, 0.3) is 0 Å². The quantitative estimate of drug-likeness (QED) is 0.844. The SMILES string of the molecule is CCC1(C(=O)O)CCN(C(=O)Nc2ccc(Cl)cc2Br)C1. The van der Waals surface area contributed by atoms with Crippen molar-refractivity contribution in [2.75, 3.05) is 18.4 Å². The van der Waals surface area contributed by atoms with Crippen LogP contribution < -0.4 is 5.32 Å². The molecule has 1 atom stereocenters. The molecule has 1 fully saturated rings. The van der Waals surface area contributed by atoms with Crippen molar-refractivity contribution in [1.29, 1.82) is 0 Å². The number of urea groups is 1. The molecule has 0 aliphatic carbocycles. The molecule has 0 bridgehead atoms. The lowest BCUT2D eigenvalue weighted by Crippen LogP contribution is -2.38. The Hall–Kier alpha value is -1.27. The molecule has 2 N–H and O–H groups in total. The van der Waals surface area contributed by atoms with Gasteiger partial charge >= 0.3 is 12.0 Å². The number of amides is 2. The summed E-state index contributed by atoms with van der Waals surface area (Å²) in [6.07, 6.45) is 0.991. The van der Waals surface area contributed by atoms with Crippen molar-refractivity contribution in [3.8, 4) is 0 Å². The van der Waals surface area contributed by atoms with E-state index in [2.05, 4.69) is 21.2 Å². The molecule has 1 heterocycles. The van der Waals surface area contributed by atoms with Gasteiger partial charge in [0.05, 0.1) is 11.1 Å². The Morgan fingerprint density at radius 2 is 2.24 bits per heavy atom. The lowest BCUT2D eigenvalue weighted by atomic mass is 9.84. The summed E-state index contributed by atoms with van der Waals surface area (Å²) < 4.78 is 0.683. The van der Waals surface area contributed by atoms with Crippen LogP contribution in [0.25, 0.3) is 0 Å². The number of nitrogens with zero attached hydrogens (tertiary/aromatic N) is 1. The standard InChI is InChI=1S/C14H16BrClN2O3/c1-2-14(12(19)20)5-6-18(8-14)13(21)17-11-4-3-9(16)7-10(11)15/h3-4,7H,2,5-6,8H2,1H3,(H,17,21)(H,19,20). The van der Waals surface area contributed by atoms with E-state index in [4.69, 9.17) is 11.6 Å². The summed E-state index contributed by atoms with van der Waals surface area (Å²) in [6, 6.07) is 4.77. The monoisotopic (exact) mass is 374 g/mol. The number of carboxylic acid groups (broad SMARTS) is 1. The highest BCUT2D eigenvalue weighted by atomic mass is 79.9. The van der Waals surface area contributed by atoms with E-state index in [1.54, 1.807) is 23.1 Å². The number of rotatable bonds is 3. The molecule has 5 nitrogen and oxygen atoms in total. The second-order valence-corrected chi connectivity index (χ2v) is 6.46. The molecule has 21 heavy (non-hydrogen) atoms. The van der Waals surface area contributed by atoms with Crippen molar-refractivity contribution in [3.05, 3.63) is 27.7 Å². The highest BCUT2D eigenvalue weighted by Gasteiger charge is 2.44. The number of benzene rings is 1. The Bertz CT molecular complexity index is 581. The normalized spacial score (nSPS) is 21.4. The van der Waals surface area contributed by atoms with Crippen LogP contribution in [0.15, 0.2) is 22.7 Å². The van der Waals surface area contributed by atoms with Crippen molar-refractivity contribution in [2.24, 2.45) is 5.41 Å². The molecule has 0 aromatic heterocycles. The summed E-state index contributed by atoms with van der Waals surface area (Å²) in [5.41, 5.74) is -0.220. The summed E-state index contributed by atoms with van der Waals surface area (Å²) in [4.78, 5) is 25.2. The van der Waals surface area contributed by atoms with Crippen molar-refractivity contribution in [1.82, 2.24) is 4.90 Å². The van der Waals surface area contributed by atoms with Crippen molar-refractivity contribution in [3.63, 3.8) is 0 Å². The number of anilines is 1. The minimum Gasteiger partial charge on any atom is -0.481 e. The van der Waals surface area contributed by atoms with Crippen LogP contribution in [0.1, 0.15) is 19.8 Å².